The summed E-state index contributed by atoms with van der Waals surface area (Å²) in [5.41, 5.74) is 0. The van der Waals surface area contributed by atoms with Crippen molar-refractivity contribution in [3.8, 4) is 0 Å². The van der Waals surface area contributed by atoms with E-state index in [0.29, 0.717) is 0 Å². The first-order chi connectivity index (χ1) is 5.54. The molecule has 0 aromatic carbocycles. The van der Waals surface area contributed by atoms with E-state index in [1.165, 1.54) is 12.8 Å². The van der Waals surface area contributed by atoms with E-state index in [9.17, 15) is 0 Å². The molecule has 0 aromatic rings. The highest BCUT2D eigenvalue weighted by Gasteiger charge is 2.21. The van der Waals surface area contributed by atoms with E-state index in [0.717, 1.165) is 23.7 Å². The van der Waals surface area contributed by atoms with Crippen LogP contribution in [-0.4, -0.2) is 0 Å². The summed E-state index contributed by atoms with van der Waals surface area (Å²) in [6.45, 7) is 14.2. The first kappa shape index (κ1) is 12.0. The molecule has 12 heavy (non-hydrogen) atoms. The predicted octanol–water partition coefficient (Wildman–Crippen LogP) is 4.35. The summed E-state index contributed by atoms with van der Waals surface area (Å²) in [5.74, 6) is 3.53. The van der Waals surface area contributed by atoms with Crippen molar-refractivity contribution in [1.82, 2.24) is 0 Å². The van der Waals surface area contributed by atoms with Gasteiger partial charge >= 0.3 is 0 Å². The van der Waals surface area contributed by atoms with Gasteiger partial charge in [-0.1, -0.05) is 54.4 Å². The lowest BCUT2D eigenvalue weighted by Gasteiger charge is -2.29. The van der Waals surface area contributed by atoms with Gasteiger partial charge in [0.15, 0.2) is 0 Å². The Morgan fingerprint density at radius 3 is 1.08 bits per heavy atom. The Hall–Kier alpha value is 0. The number of hydrogen-bond donors (Lipinski definition) is 0. The molecule has 0 fully saturated rings. The minimum atomic E-state index is 0.880. The molecule has 0 unspecified atom stereocenters. The van der Waals surface area contributed by atoms with Gasteiger partial charge in [-0.15, -0.1) is 0 Å². The molecule has 0 aliphatic carbocycles. The lowest BCUT2D eigenvalue weighted by molar-refractivity contribution is 0.205. The topological polar surface area (TPSA) is 0 Å². The predicted molar refractivity (Wildman–Crippen MR) is 57.2 cm³/mol. The molecule has 0 aromatic heterocycles. The van der Waals surface area contributed by atoms with Gasteiger partial charge < -0.3 is 0 Å². The molecule has 0 nitrogen and oxygen atoms in total. The first-order valence-corrected chi connectivity index (χ1v) is 5.54. The Labute approximate surface area is 78.8 Å². The lowest BCUT2D eigenvalue weighted by atomic mass is 9.77. The minimum absolute atomic E-state index is 0.880. The highest BCUT2D eigenvalue weighted by molar-refractivity contribution is 4.70. The molecule has 0 bridgehead atoms. The second-order valence-corrected chi connectivity index (χ2v) is 4.49. The molecule has 0 amide bonds. The molecule has 74 valence electrons. The van der Waals surface area contributed by atoms with Crippen molar-refractivity contribution < 1.29 is 0 Å². The Kier molecular flexibility index (Phi) is 5.61. The fourth-order valence-corrected chi connectivity index (χ4v) is 1.78. The zero-order valence-electron chi connectivity index (χ0n) is 9.72. The van der Waals surface area contributed by atoms with Crippen molar-refractivity contribution in [2.45, 2.75) is 54.4 Å². The van der Waals surface area contributed by atoms with Crippen molar-refractivity contribution in [1.29, 1.82) is 0 Å². The van der Waals surface area contributed by atoms with Crippen LogP contribution in [0, 0.1) is 23.7 Å². The second kappa shape index (κ2) is 5.61. The van der Waals surface area contributed by atoms with Gasteiger partial charge in [-0.2, -0.15) is 0 Å². The molecule has 0 saturated carbocycles. The van der Waals surface area contributed by atoms with Crippen LogP contribution < -0.4 is 0 Å². The van der Waals surface area contributed by atoms with Crippen molar-refractivity contribution >= 4 is 0 Å². The fourth-order valence-electron chi connectivity index (χ4n) is 1.78. The first-order valence-electron chi connectivity index (χ1n) is 5.54. The van der Waals surface area contributed by atoms with E-state index >= 15 is 0 Å². The minimum Gasteiger partial charge on any atom is -0.0651 e. The standard InChI is InChI=1S/C12H26/c1-7-9(3)11(5)12(6)10(4)8-2/h9-12H,7-8H2,1-6H3/t9-,10-,11+,12+/m1/s1. The quantitative estimate of drug-likeness (QED) is 0.575. The van der Waals surface area contributed by atoms with Crippen LogP contribution in [0.15, 0.2) is 0 Å². The molecule has 4 atom stereocenters. The maximum Gasteiger partial charge on any atom is -0.0389 e. The largest absolute Gasteiger partial charge is 0.0651 e. The van der Waals surface area contributed by atoms with Gasteiger partial charge in [0, 0.05) is 0 Å². The highest BCUT2D eigenvalue weighted by Crippen LogP contribution is 2.29. The van der Waals surface area contributed by atoms with Crippen LogP contribution in [0.2, 0.25) is 0 Å². The third-order valence-corrected chi connectivity index (χ3v) is 3.91. The molecule has 0 spiro atoms. The van der Waals surface area contributed by atoms with Gasteiger partial charge in [-0.3, -0.25) is 0 Å². The summed E-state index contributed by atoms with van der Waals surface area (Å²) in [6, 6.07) is 0. The summed E-state index contributed by atoms with van der Waals surface area (Å²) in [5, 5.41) is 0. The summed E-state index contributed by atoms with van der Waals surface area (Å²) >= 11 is 0. The van der Waals surface area contributed by atoms with Gasteiger partial charge in [0.1, 0.15) is 0 Å². The Morgan fingerprint density at radius 1 is 0.667 bits per heavy atom. The van der Waals surface area contributed by atoms with E-state index in [1.807, 2.05) is 0 Å². The summed E-state index contributed by atoms with van der Waals surface area (Å²) < 4.78 is 0. The molecule has 0 heterocycles. The third-order valence-electron chi connectivity index (χ3n) is 3.91. The smallest absolute Gasteiger partial charge is 0.0389 e. The Morgan fingerprint density at radius 2 is 0.917 bits per heavy atom. The lowest BCUT2D eigenvalue weighted by Crippen LogP contribution is -2.21. The van der Waals surface area contributed by atoms with E-state index in [1.54, 1.807) is 0 Å². The van der Waals surface area contributed by atoms with Crippen molar-refractivity contribution in [3.63, 3.8) is 0 Å². The van der Waals surface area contributed by atoms with Crippen LogP contribution in [0.4, 0.5) is 0 Å². The molecule has 0 rings (SSSR count). The molecule has 0 aliphatic heterocycles. The Bertz CT molecular complexity index is 92.6. The van der Waals surface area contributed by atoms with Crippen molar-refractivity contribution in [2.75, 3.05) is 0 Å². The second-order valence-electron chi connectivity index (χ2n) is 4.49. The van der Waals surface area contributed by atoms with Gasteiger partial charge in [-0.25, -0.2) is 0 Å². The van der Waals surface area contributed by atoms with Crippen molar-refractivity contribution in [2.24, 2.45) is 23.7 Å². The molecule has 0 aliphatic rings. The van der Waals surface area contributed by atoms with Gasteiger partial charge in [-0.05, 0) is 23.7 Å². The van der Waals surface area contributed by atoms with E-state index in [4.69, 9.17) is 0 Å². The molecular formula is C12H26. The van der Waals surface area contributed by atoms with Gasteiger partial charge in [0.2, 0.25) is 0 Å². The molecule has 0 saturated heterocycles. The summed E-state index contributed by atoms with van der Waals surface area (Å²) in [4.78, 5) is 0. The third kappa shape index (κ3) is 3.16. The van der Waals surface area contributed by atoms with Crippen LogP contribution in [0.5, 0.6) is 0 Å². The maximum atomic E-state index is 2.41. The average molecular weight is 170 g/mol. The van der Waals surface area contributed by atoms with Crippen LogP contribution >= 0.6 is 0 Å². The van der Waals surface area contributed by atoms with Crippen molar-refractivity contribution in [3.05, 3.63) is 0 Å². The van der Waals surface area contributed by atoms with Crippen LogP contribution in [0.3, 0.4) is 0 Å². The van der Waals surface area contributed by atoms with E-state index in [-0.39, 0.29) is 0 Å². The van der Waals surface area contributed by atoms with Crippen LogP contribution in [0.25, 0.3) is 0 Å². The number of hydrogen-bond acceptors (Lipinski definition) is 0. The summed E-state index contributed by atoms with van der Waals surface area (Å²) in [7, 11) is 0. The molecule has 0 N–H and O–H groups in total. The maximum absolute atomic E-state index is 2.41. The van der Waals surface area contributed by atoms with Crippen LogP contribution in [-0.2, 0) is 0 Å². The average Bonchev–Trinajstić information content (AvgIpc) is 2.12. The Balaban J connectivity index is 3.99. The molecule has 0 heteroatoms. The normalized spacial score (nSPS) is 21.5. The molecule has 0 radical (unpaired) electrons. The fraction of sp³-hybridized carbons (Fsp3) is 1.00. The zero-order valence-corrected chi connectivity index (χ0v) is 9.72. The SMILES string of the molecule is CC[C@@H](C)[C@H](C)[C@@H](C)[C@H](C)CC. The van der Waals surface area contributed by atoms with Gasteiger partial charge in [0.05, 0.1) is 0 Å². The number of rotatable bonds is 5. The van der Waals surface area contributed by atoms with E-state index < -0.39 is 0 Å². The molecular weight excluding hydrogens is 144 g/mol. The van der Waals surface area contributed by atoms with E-state index in [2.05, 4.69) is 41.5 Å². The van der Waals surface area contributed by atoms with Gasteiger partial charge in [0.25, 0.3) is 0 Å². The zero-order chi connectivity index (χ0) is 9.72. The van der Waals surface area contributed by atoms with Crippen LogP contribution in [0.1, 0.15) is 54.4 Å². The monoisotopic (exact) mass is 170 g/mol. The summed E-state index contributed by atoms with van der Waals surface area (Å²) in [6.07, 6.45) is 2.64. The highest BCUT2D eigenvalue weighted by atomic mass is 14.3.